The molecule has 0 spiro atoms. The van der Waals surface area contributed by atoms with E-state index in [1.807, 2.05) is 0 Å². The molecule has 2 heteroatoms. The lowest BCUT2D eigenvalue weighted by molar-refractivity contribution is -0.929. The minimum atomic E-state index is 0. The Bertz CT molecular complexity index is 219. The smallest absolute Gasteiger partial charge is 0.0786 e. The first-order valence-corrected chi connectivity index (χ1v) is 12.1. The maximum Gasteiger partial charge on any atom is 0.0786 e. The van der Waals surface area contributed by atoms with Crippen molar-refractivity contribution in [3.63, 3.8) is 0 Å². The summed E-state index contributed by atoms with van der Waals surface area (Å²) in [4.78, 5) is 0. The molecule has 0 aromatic heterocycles. The Kier molecular flexibility index (Phi) is 24.0. The van der Waals surface area contributed by atoms with Crippen LogP contribution in [-0.4, -0.2) is 30.7 Å². The number of hydrogen-bond donors (Lipinski definition) is 0. The minimum Gasteiger partial charge on any atom is -1.00 e. The average molecular weight is 435 g/mol. The van der Waals surface area contributed by atoms with Crippen LogP contribution in [0.3, 0.4) is 0 Å². The van der Waals surface area contributed by atoms with E-state index in [1.54, 1.807) is 0 Å². The molecule has 0 aliphatic heterocycles. The van der Waals surface area contributed by atoms with E-state index >= 15 is 0 Å². The van der Waals surface area contributed by atoms with Crippen molar-refractivity contribution in [2.24, 2.45) is 0 Å². The molecule has 0 radical (unpaired) electrons. The molecule has 0 heterocycles. The molecule has 26 heavy (non-hydrogen) atoms. The van der Waals surface area contributed by atoms with Gasteiger partial charge in [-0.2, -0.15) is 0 Å². The van der Waals surface area contributed by atoms with Gasteiger partial charge in [0.2, 0.25) is 0 Å². The first kappa shape index (κ1) is 28.6. The van der Waals surface area contributed by atoms with Crippen molar-refractivity contribution in [2.45, 2.75) is 130 Å². The number of halogens is 1. The highest BCUT2D eigenvalue weighted by molar-refractivity contribution is 4.52. The van der Waals surface area contributed by atoms with Crippen LogP contribution in [-0.2, 0) is 0 Å². The largest absolute Gasteiger partial charge is 1.00 e. The van der Waals surface area contributed by atoms with Gasteiger partial charge in [-0.05, 0) is 44.9 Å². The van der Waals surface area contributed by atoms with Gasteiger partial charge in [-0.3, -0.25) is 0 Å². The molecule has 0 N–H and O–H groups in total. The number of unbranched alkanes of at least 4 members (excludes halogenated alkanes) is 12. The summed E-state index contributed by atoms with van der Waals surface area (Å²) in [6, 6.07) is 0. The minimum absolute atomic E-state index is 0. The van der Waals surface area contributed by atoms with Crippen molar-refractivity contribution in [1.82, 2.24) is 0 Å². The summed E-state index contributed by atoms with van der Waals surface area (Å²) in [6.07, 6.45) is 22.9. The van der Waals surface area contributed by atoms with Crippen molar-refractivity contribution >= 4 is 0 Å². The van der Waals surface area contributed by atoms with Gasteiger partial charge in [0.05, 0.1) is 26.2 Å². The second-order valence-corrected chi connectivity index (χ2v) is 8.48. The molecule has 0 aliphatic rings. The Labute approximate surface area is 178 Å². The fraction of sp³-hybridized carbons (Fsp3) is 1.00. The maximum atomic E-state index is 2.40. The molecule has 0 bridgehead atoms. The van der Waals surface area contributed by atoms with Crippen LogP contribution in [0.5, 0.6) is 0 Å². The molecule has 0 unspecified atom stereocenters. The lowest BCUT2D eigenvalue weighted by atomic mass is 10.1. The Morgan fingerprint density at radius 1 is 0.346 bits per heavy atom. The zero-order valence-electron chi connectivity index (χ0n) is 19.0. The van der Waals surface area contributed by atoms with Gasteiger partial charge in [0.15, 0.2) is 0 Å². The summed E-state index contributed by atoms with van der Waals surface area (Å²) in [5.74, 6) is 0. The first-order chi connectivity index (χ1) is 12.2. The topological polar surface area (TPSA) is 0 Å². The summed E-state index contributed by atoms with van der Waals surface area (Å²) in [5, 5.41) is 0. The van der Waals surface area contributed by atoms with Crippen LogP contribution in [0.15, 0.2) is 0 Å². The van der Waals surface area contributed by atoms with E-state index < -0.39 is 0 Å². The Balaban J connectivity index is 0. The van der Waals surface area contributed by atoms with Crippen molar-refractivity contribution in [3.8, 4) is 0 Å². The Morgan fingerprint density at radius 2 is 0.654 bits per heavy atom. The standard InChI is InChI=1S/C24H52N.BrH/c1-5-9-12-15-18-22-25(21-8-4,23-19-16-13-10-6-2)24-20-17-14-11-7-3;/h5-24H2,1-4H3;1H/q+1;/p-1. The van der Waals surface area contributed by atoms with Gasteiger partial charge >= 0.3 is 0 Å². The van der Waals surface area contributed by atoms with Gasteiger partial charge in [0.25, 0.3) is 0 Å². The fourth-order valence-electron chi connectivity index (χ4n) is 4.30. The zero-order chi connectivity index (χ0) is 18.6. The molecule has 0 rings (SSSR count). The molecular formula is C24H52BrN. The predicted molar refractivity (Wildman–Crippen MR) is 116 cm³/mol. The van der Waals surface area contributed by atoms with Crippen LogP contribution in [0.2, 0.25) is 0 Å². The van der Waals surface area contributed by atoms with Crippen molar-refractivity contribution in [1.29, 1.82) is 0 Å². The number of quaternary nitrogens is 1. The molecule has 0 saturated heterocycles. The van der Waals surface area contributed by atoms with E-state index in [0.29, 0.717) is 0 Å². The Hall–Kier alpha value is 0.440. The predicted octanol–water partition coefficient (Wildman–Crippen LogP) is 5.13. The molecule has 0 aliphatic carbocycles. The molecule has 0 fully saturated rings. The van der Waals surface area contributed by atoms with Crippen LogP contribution < -0.4 is 17.0 Å². The average Bonchev–Trinajstić information content (AvgIpc) is 2.61. The molecule has 0 aromatic rings. The summed E-state index contributed by atoms with van der Waals surface area (Å²) >= 11 is 0. The van der Waals surface area contributed by atoms with Gasteiger partial charge in [-0.1, -0.05) is 85.5 Å². The van der Waals surface area contributed by atoms with Gasteiger partial charge in [0.1, 0.15) is 0 Å². The van der Waals surface area contributed by atoms with Crippen LogP contribution in [0.4, 0.5) is 0 Å². The van der Waals surface area contributed by atoms with Crippen molar-refractivity contribution < 1.29 is 21.5 Å². The van der Waals surface area contributed by atoms with Gasteiger partial charge < -0.3 is 21.5 Å². The summed E-state index contributed by atoms with van der Waals surface area (Å²) < 4.78 is 1.45. The number of hydrogen-bond acceptors (Lipinski definition) is 0. The molecular weight excluding hydrogens is 382 g/mol. The number of nitrogens with zero attached hydrogens (tertiary/aromatic N) is 1. The first-order valence-electron chi connectivity index (χ1n) is 12.1. The van der Waals surface area contributed by atoms with Crippen molar-refractivity contribution in [3.05, 3.63) is 0 Å². The van der Waals surface area contributed by atoms with E-state index in [-0.39, 0.29) is 17.0 Å². The van der Waals surface area contributed by atoms with Crippen LogP contribution in [0, 0.1) is 0 Å². The highest BCUT2D eigenvalue weighted by Gasteiger charge is 2.25. The van der Waals surface area contributed by atoms with E-state index in [1.165, 1.54) is 133 Å². The zero-order valence-corrected chi connectivity index (χ0v) is 20.6. The summed E-state index contributed by atoms with van der Waals surface area (Å²) in [6.45, 7) is 15.2. The second-order valence-electron chi connectivity index (χ2n) is 8.48. The Morgan fingerprint density at radius 3 is 0.923 bits per heavy atom. The van der Waals surface area contributed by atoms with Gasteiger partial charge in [-0.15, -0.1) is 0 Å². The fourth-order valence-corrected chi connectivity index (χ4v) is 4.30. The summed E-state index contributed by atoms with van der Waals surface area (Å²) in [5.41, 5.74) is 0. The molecule has 0 atom stereocenters. The van der Waals surface area contributed by atoms with Crippen molar-refractivity contribution in [2.75, 3.05) is 26.2 Å². The third kappa shape index (κ3) is 16.6. The highest BCUT2D eigenvalue weighted by Crippen LogP contribution is 2.18. The molecule has 0 amide bonds. The molecule has 1 nitrogen and oxygen atoms in total. The summed E-state index contributed by atoms with van der Waals surface area (Å²) in [7, 11) is 0. The lowest BCUT2D eigenvalue weighted by Crippen LogP contribution is -3.00. The third-order valence-electron chi connectivity index (χ3n) is 5.91. The van der Waals surface area contributed by atoms with E-state index in [4.69, 9.17) is 0 Å². The third-order valence-corrected chi connectivity index (χ3v) is 5.91. The quantitative estimate of drug-likeness (QED) is 0.184. The van der Waals surface area contributed by atoms with Crippen LogP contribution in [0.1, 0.15) is 130 Å². The maximum absolute atomic E-state index is 2.40. The molecule has 160 valence electrons. The van der Waals surface area contributed by atoms with Crippen LogP contribution >= 0.6 is 0 Å². The van der Waals surface area contributed by atoms with Gasteiger partial charge in [-0.25, -0.2) is 0 Å². The molecule has 0 saturated carbocycles. The van der Waals surface area contributed by atoms with E-state index in [9.17, 15) is 0 Å². The number of rotatable bonds is 20. The SMILES string of the molecule is CCCCCCC[N+](CCC)(CCCCCCC)CCCCCCC.[Br-]. The van der Waals surface area contributed by atoms with E-state index in [2.05, 4.69) is 27.7 Å². The van der Waals surface area contributed by atoms with E-state index in [0.717, 1.165) is 0 Å². The highest BCUT2D eigenvalue weighted by atomic mass is 79.9. The normalized spacial score (nSPS) is 11.5. The second kappa shape index (κ2) is 21.7. The molecule has 0 aromatic carbocycles. The lowest BCUT2D eigenvalue weighted by Gasteiger charge is -2.39. The van der Waals surface area contributed by atoms with Crippen LogP contribution in [0.25, 0.3) is 0 Å². The van der Waals surface area contributed by atoms with Gasteiger partial charge in [0, 0.05) is 0 Å². The monoisotopic (exact) mass is 433 g/mol.